The highest BCUT2D eigenvalue weighted by Gasteiger charge is 2.37. The normalized spacial score (nSPS) is 19.6. The van der Waals surface area contributed by atoms with E-state index in [1.807, 2.05) is 13.8 Å². The van der Waals surface area contributed by atoms with Gasteiger partial charge in [0.25, 0.3) is 0 Å². The molecule has 3 nitrogen and oxygen atoms in total. The minimum absolute atomic E-state index is 0.0343. The monoisotopic (exact) mass is 300 g/mol. The molecule has 0 aromatic heterocycles. The molecule has 1 aromatic carbocycles. The number of nitrogens with one attached hydrogen (secondary N) is 1. The van der Waals surface area contributed by atoms with Crippen molar-refractivity contribution in [2.75, 3.05) is 6.54 Å². The Balaban J connectivity index is 2.34. The molecule has 1 amide bonds. The lowest BCUT2D eigenvalue weighted by atomic mass is 10.0. The van der Waals surface area contributed by atoms with E-state index in [-0.39, 0.29) is 18.5 Å². The number of hydrogen-bond acceptors (Lipinski definition) is 2. The van der Waals surface area contributed by atoms with Gasteiger partial charge in [0.1, 0.15) is 6.17 Å². The number of nitrogens with zero attached hydrogens (tertiary/aromatic N) is 1. The third kappa shape index (κ3) is 3.20. The Morgan fingerprint density at radius 3 is 2.57 bits per heavy atom. The highest BCUT2D eigenvalue weighted by atomic mass is 19.4. The maximum absolute atomic E-state index is 12.8. The van der Waals surface area contributed by atoms with Crippen LogP contribution >= 0.6 is 0 Å². The molecule has 1 unspecified atom stereocenters. The van der Waals surface area contributed by atoms with Crippen LogP contribution in [0.5, 0.6) is 0 Å². The van der Waals surface area contributed by atoms with Gasteiger partial charge in [0, 0.05) is 6.04 Å². The summed E-state index contributed by atoms with van der Waals surface area (Å²) in [7, 11) is 0. The zero-order chi connectivity index (χ0) is 15.6. The molecule has 1 heterocycles. The number of amides is 1. The molecule has 0 saturated carbocycles. The van der Waals surface area contributed by atoms with E-state index in [1.54, 1.807) is 11.0 Å². The molecule has 1 aliphatic rings. The van der Waals surface area contributed by atoms with Gasteiger partial charge >= 0.3 is 6.18 Å². The van der Waals surface area contributed by atoms with E-state index in [9.17, 15) is 18.0 Å². The maximum Gasteiger partial charge on any atom is 0.416 e. The molecule has 0 spiro atoms. The van der Waals surface area contributed by atoms with Crippen molar-refractivity contribution >= 4 is 5.91 Å². The molecule has 21 heavy (non-hydrogen) atoms. The van der Waals surface area contributed by atoms with Crippen LogP contribution < -0.4 is 5.32 Å². The van der Waals surface area contributed by atoms with Gasteiger partial charge in [-0.15, -0.1) is 0 Å². The molecule has 1 atom stereocenters. The van der Waals surface area contributed by atoms with Gasteiger partial charge in [-0.25, -0.2) is 0 Å². The van der Waals surface area contributed by atoms with Crippen LogP contribution in [0.2, 0.25) is 0 Å². The van der Waals surface area contributed by atoms with Gasteiger partial charge in [0.05, 0.1) is 12.1 Å². The minimum Gasteiger partial charge on any atom is -0.319 e. The van der Waals surface area contributed by atoms with Crippen molar-refractivity contribution in [1.29, 1.82) is 0 Å². The van der Waals surface area contributed by atoms with E-state index in [4.69, 9.17) is 0 Å². The molecule has 0 aliphatic carbocycles. The summed E-state index contributed by atoms with van der Waals surface area (Å²) in [5.41, 5.74) is -0.215. The Kier molecular flexibility index (Phi) is 4.56. The van der Waals surface area contributed by atoms with Crippen molar-refractivity contribution in [3.8, 4) is 0 Å². The predicted octanol–water partition coefficient (Wildman–Crippen LogP) is 3.32. The van der Waals surface area contributed by atoms with Crippen molar-refractivity contribution in [3.05, 3.63) is 35.4 Å². The molecule has 1 fully saturated rings. The number of carbonyl (C=O) groups is 1. The minimum atomic E-state index is -4.38. The van der Waals surface area contributed by atoms with Crippen LogP contribution in [-0.2, 0) is 11.0 Å². The lowest BCUT2D eigenvalue weighted by Crippen LogP contribution is -2.39. The van der Waals surface area contributed by atoms with Gasteiger partial charge < -0.3 is 4.90 Å². The Morgan fingerprint density at radius 2 is 2.00 bits per heavy atom. The van der Waals surface area contributed by atoms with Gasteiger partial charge in [-0.05, 0) is 30.5 Å². The summed E-state index contributed by atoms with van der Waals surface area (Å²) in [5.74, 6) is -0.0638. The van der Waals surface area contributed by atoms with Gasteiger partial charge in [-0.3, -0.25) is 10.1 Å². The average molecular weight is 300 g/mol. The molecule has 2 rings (SSSR count). The third-order valence-electron chi connectivity index (χ3n) is 3.88. The summed E-state index contributed by atoms with van der Waals surface area (Å²) < 4.78 is 38.5. The van der Waals surface area contributed by atoms with Gasteiger partial charge in [-0.2, -0.15) is 13.2 Å². The first-order valence-corrected chi connectivity index (χ1v) is 7.10. The molecular formula is C15H19F3N2O. The van der Waals surface area contributed by atoms with Crippen LogP contribution in [0.25, 0.3) is 0 Å². The van der Waals surface area contributed by atoms with E-state index >= 15 is 0 Å². The summed E-state index contributed by atoms with van der Waals surface area (Å²) in [6.07, 6.45) is -3.30. The highest BCUT2D eigenvalue weighted by Crippen LogP contribution is 2.33. The van der Waals surface area contributed by atoms with E-state index in [0.717, 1.165) is 25.0 Å². The lowest BCUT2D eigenvalue weighted by Gasteiger charge is -2.32. The number of carbonyl (C=O) groups excluding carboxylic acids is 1. The largest absolute Gasteiger partial charge is 0.416 e. The van der Waals surface area contributed by atoms with Crippen molar-refractivity contribution in [2.24, 2.45) is 0 Å². The Hall–Kier alpha value is -1.56. The lowest BCUT2D eigenvalue weighted by molar-refractivity contribution is -0.137. The SMILES string of the molecule is CCC(CC)N1C(=O)CNC1c1cccc(C(F)(F)F)c1. The molecule has 116 valence electrons. The fourth-order valence-electron chi connectivity index (χ4n) is 2.78. The first-order valence-electron chi connectivity index (χ1n) is 7.10. The second-order valence-corrected chi connectivity index (χ2v) is 5.18. The molecule has 0 bridgehead atoms. The van der Waals surface area contributed by atoms with Crippen molar-refractivity contribution < 1.29 is 18.0 Å². The number of benzene rings is 1. The molecule has 1 N–H and O–H groups in total. The summed E-state index contributed by atoms with van der Waals surface area (Å²) >= 11 is 0. The first-order chi connectivity index (χ1) is 9.88. The standard InChI is InChI=1S/C15H19F3N2O/c1-3-12(4-2)20-13(21)9-19-14(20)10-6-5-7-11(8-10)15(16,17)18/h5-8,12,14,19H,3-4,9H2,1-2H3. The maximum atomic E-state index is 12.8. The van der Waals surface area contributed by atoms with Crippen LogP contribution in [-0.4, -0.2) is 23.4 Å². The van der Waals surface area contributed by atoms with E-state index in [2.05, 4.69) is 5.32 Å². The second-order valence-electron chi connectivity index (χ2n) is 5.18. The average Bonchev–Trinajstić information content (AvgIpc) is 2.82. The molecule has 0 radical (unpaired) electrons. The Bertz CT molecular complexity index is 512. The second kappa shape index (κ2) is 6.05. The first kappa shape index (κ1) is 15.8. The van der Waals surface area contributed by atoms with E-state index in [0.29, 0.717) is 5.56 Å². The topological polar surface area (TPSA) is 32.3 Å². The van der Waals surface area contributed by atoms with Crippen molar-refractivity contribution in [2.45, 2.75) is 45.1 Å². The van der Waals surface area contributed by atoms with E-state index < -0.39 is 17.9 Å². The van der Waals surface area contributed by atoms with Crippen LogP contribution in [0, 0.1) is 0 Å². The third-order valence-corrected chi connectivity index (χ3v) is 3.88. The number of rotatable bonds is 4. The highest BCUT2D eigenvalue weighted by molar-refractivity contribution is 5.81. The van der Waals surface area contributed by atoms with Crippen molar-refractivity contribution in [3.63, 3.8) is 0 Å². The van der Waals surface area contributed by atoms with Gasteiger partial charge in [0.2, 0.25) is 5.91 Å². The molecule has 1 aliphatic heterocycles. The number of alkyl halides is 3. The Labute approximate surface area is 122 Å². The predicted molar refractivity (Wildman–Crippen MR) is 73.4 cm³/mol. The van der Waals surface area contributed by atoms with Crippen molar-refractivity contribution in [1.82, 2.24) is 10.2 Å². The molecule has 1 saturated heterocycles. The molecule has 6 heteroatoms. The zero-order valence-corrected chi connectivity index (χ0v) is 12.1. The molecule has 1 aromatic rings. The number of hydrogen-bond donors (Lipinski definition) is 1. The fraction of sp³-hybridized carbons (Fsp3) is 0.533. The summed E-state index contributed by atoms with van der Waals surface area (Å²) in [4.78, 5) is 13.7. The molecular weight excluding hydrogens is 281 g/mol. The summed E-state index contributed by atoms with van der Waals surface area (Å²) in [6.45, 7) is 4.11. The van der Waals surface area contributed by atoms with Crippen LogP contribution in [0.3, 0.4) is 0 Å². The smallest absolute Gasteiger partial charge is 0.319 e. The van der Waals surface area contributed by atoms with Gasteiger partial charge in [-0.1, -0.05) is 26.0 Å². The van der Waals surface area contributed by atoms with Gasteiger partial charge in [0.15, 0.2) is 0 Å². The fourth-order valence-corrected chi connectivity index (χ4v) is 2.78. The zero-order valence-electron chi connectivity index (χ0n) is 12.1. The number of halogens is 3. The Morgan fingerprint density at radius 1 is 1.33 bits per heavy atom. The summed E-state index contributed by atoms with van der Waals surface area (Å²) in [6, 6.07) is 5.20. The van der Waals surface area contributed by atoms with Crippen LogP contribution in [0.15, 0.2) is 24.3 Å². The van der Waals surface area contributed by atoms with Crippen LogP contribution in [0.4, 0.5) is 13.2 Å². The quantitative estimate of drug-likeness (QED) is 0.925. The van der Waals surface area contributed by atoms with Crippen LogP contribution in [0.1, 0.15) is 44.0 Å². The van der Waals surface area contributed by atoms with E-state index in [1.165, 1.54) is 6.07 Å². The summed E-state index contributed by atoms with van der Waals surface area (Å²) in [5, 5.41) is 3.01.